The van der Waals surface area contributed by atoms with Crippen LogP contribution in [0.5, 0.6) is 0 Å². The van der Waals surface area contributed by atoms with Gasteiger partial charge in [-0.05, 0) is 24.6 Å². The van der Waals surface area contributed by atoms with E-state index in [1.165, 1.54) is 0 Å². The predicted molar refractivity (Wildman–Crippen MR) is 56.9 cm³/mol. The Balaban J connectivity index is 2.25. The van der Waals surface area contributed by atoms with Crippen molar-refractivity contribution < 1.29 is 5.21 Å². The summed E-state index contributed by atoms with van der Waals surface area (Å²) in [7, 11) is 0. The Kier molecular flexibility index (Phi) is 2.80. The lowest BCUT2D eigenvalue weighted by Crippen LogP contribution is -2.12. The number of hydrogen-bond acceptors (Lipinski definition) is 3. The van der Waals surface area contributed by atoms with Gasteiger partial charge in [0, 0.05) is 18.1 Å². The number of benzene rings is 1. The van der Waals surface area contributed by atoms with Crippen LogP contribution in [0.15, 0.2) is 43.0 Å². The molecule has 1 heterocycles. The Labute approximate surface area is 88.2 Å². The third-order valence-electron chi connectivity index (χ3n) is 2.39. The molecule has 0 saturated carbocycles. The Morgan fingerprint density at radius 3 is 2.60 bits per heavy atom. The van der Waals surface area contributed by atoms with E-state index in [2.05, 4.69) is 10.5 Å². The second-order valence-corrected chi connectivity index (χ2v) is 3.41. The van der Waals surface area contributed by atoms with Gasteiger partial charge in [-0.3, -0.25) is 0 Å². The molecule has 0 aliphatic carbocycles. The molecule has 4 nitrogen and oxygen atoms in total. The maximum absolute atomic E-state index is 8.78. The highest BCUT2D eigenvalue weighted by Crippen LogP contribution is 2.14. The van der Waals surface area contributed by atoms with Crippen LogP contribution in [0.2, 0.25) is 0 Å². The largest absolute Gasteiger partial charge is 0.316 e. The number of nitrogens with zero attached hydrogens (tertiary/aromatic N) is 2. The van der Waals surface area contributed by atoms with Crippen LogP contribution in [0.4, 0.5) is 0 Å². The highest BCUT2D eigenvalue weighted by atomic mass is 16.5. The molecule has 2 N–H and O–H groups in total. The molecular formula is C11H13N3O. The molecule has 0 spiro atoms. The fraction of sp³-hybridized carbons (Fsp3) is 0.182. The number of aromatic nitrogens is 2. The van der Waals surface area contributed by atoms with Crippen LogP contribution < -0.4 is 5.48 Å². The number of rotatable bonds is 3. The van der Waals surface area contributed by atoms with Gasteiger partial charge in [0.1, 0.15) is 0 Å². The first kappa shape index (κ1) is 9.89. The summed E-state index contributed by atoms with van der Waals surface area (Å²) in [4.78, 5) is 3.98. The van der Waals surface area contributed by atoms with Crippen molar-refractivity contribution in [1.29, 1.82) is 0 Å². The lowest BCUT2D eigenvalue weighted by Gasteiger charge is -2.10. The van der Waals surface area contributed by atoms with Crippen LogP contribution in [-0.4, -0.2) is 14.8 Å². The topological polar surface area (TPSA) is 50.1 Å². The predicted octanol–water partition coefficient (Wildman–Crippen LogP) is 1.91. The first-order chi connectivity index (χ1) is 7.31. The molecule has 0 aliphatic rings. The van der Waals surface area contributed by atoms with Gasteiger partial charge in [0.25, 0.3) is 0 Å². The van der Waals surface area contributed by atoms with Crippen molar-refractivity contribution in [2.75, 3.05) is 0 Å². The highest BCUT2D eigenvalue weighted by molar-refractivity contribution is 5.35. The monoisotopic (exact) mass is 203 g/mol. The molecule has 0 saturated heterocycles. The second kappa shape index (κ2) is 4.25. The van der Waals surface area contributed by atoms with Gasteiger partial charge in [-0.2, -0.15) is 5.48 Å². The molecule has 2 rings (SSSR count). The molecule has 4 heteroatoms. The van der Waals surface area contributed by atoms with Crippen LogP contribution in [0.3, 0.4) is 0 Å². The molecular weight excluding hydrogens is 190 g/mol. The molecule has 0 radical (unpaired) electrons. The van der Waals surface area contributed by atoms with E-state index in [1.807, 2.05) is 42.0 Å². The van der Waals surface area contributed by atoms with Gasteiger partial charge < -0.3 is 9.77 Å². The van der Waals surface area contributed by atoms with Crippen LogP contribution in [0.25, 0.3) is 5.69 Å². The van der Waals surface area contributed by atoms with E-state index >= 15 is 0 Å². The van der Waals surface area contributed by atoms with E-state index in [-0.39, 0.29) is 6.04 Å². The first-order valence-corrected chi connectivity index (χ1v) is 4.79. The van der Waals surface area contributed by atoms with E-state index in [0.717, 1.165) is 11.3 Å². The lowest BCUT2D eigenvalue weighted by molar-refractivity contribution is 0.133. The normalized spacial score (nSPS) is 12.7. The van der Waals surface area contributed by atoms with Gasteiger partial charge in [0.15, 0.2) is 0 Å². The summed E-state index contributed by atoms with van der Waals surface area (Å²) >= 11 is 0. The van der Waals surface area contributed by atoms with Crippen LogP contribution in [-0.2, 0) is 0 Å². The van der Waals surface area contributed by atoms with Gasteiger partial charge in [-0.25, -0.2) is 4.98 Å². The number of imidazole rings is 1. The van der Waals surface area contributed by atoms with Crippen molar-refractivity contribution in [3.8, 4) is 5.69 Å². The summed E-state index contributed by atoms with van der Waals surface area (Å²) in [6, 6.07) is 7.88. The Hall–Kier alpha value is -1.65. The van der Waals surface area contributed by atoms with Crippen molar-refractivity contribution >= 4 is 0 Å². The summed E-state index contributed by atoms with van der Waals surface area (Å²) in [6.07, 6.45) is 5.39. The van der Waals surface area contributed by atoms with Gasteiger partial charge in [-0.15, -0.1) is 0 Å². The van der Waals surface area contributed by atoms with Gasteiger partial charge in [0.05, 0.1) is 12.4 Å². The zero-order chi connectivity index (χ0) is 10.7. The first-order valence-electron chi connectivity index (χ1n) is 4.79. The molecule has 78 valence electrons. The zero-order valence-electron chi connectivity index (χ0n) is 8.46. The van der Waals surface area contributed by atoms with Gasteiger partial charge in [-0.1, -0.05) is 12.1 Å². The van der Waals surface area contributed by atoms with Crippen molar-refractivity contribution in [3.63, 3.8) is 0 Å². The molecule has 0 bridgehead atoms. The SMILES string of the molecule is CC(NO)c1ccc(-n2ccnc2)cc1. The van der Waals surface area contributed by atoms with E-state index in [1.54, 1.807) is 12.5 Å². The quantitative estimate of drug-likeness (QED) is 0.749. The average Bonchev–Trinajstić information content (AvgIpc) is 2.82. The van der Waals surface area contributed by atoms with Crippen molar-refractivity contribution in [3.05, 3.63) is 48.5 Å². The molecule has 1 unspecified atom stereocenters. The molecule has 0 fully saturated rings. The minimum Gasteiger partial charge on any atom is -0.316 e. The maximum Gasteiger partial charge on any atom is 0.0991 e. The molecule has 1 aromatic heterocycles. The molecule has 1 aromatic carbocycles. The van der Waals surface area contributed by atoms with Gasteiger partial charge >= 0.3 is 0 Å². The van der Waals surface area contributed by atoms with E-state index in [0.29, 0.717) is 0 Å². The van der Waals surface area contributed by atoms with E-state index in [4.69, 9.17) is 5.21 Å². The molecule has 0 aliphatic heterocycles. The Morgan fingerprint density at radius 2 is 2.07 bits per heavy atom. The number of hydroxylamine groups is 1. The van der Waals surface area contributed by atoms with E-state index in [9.17, 15) is 0 Å². The van der Waals surface area contributed by atoms with Crippen LogP contribution >= 0.6 is 0 Å². The smallest absolute Gasteiger partial charge is 0.0991 e. The summed E-state index contributed by atoms with van der Waals surface area (Å²) in [5, 5.41) is 8.78. The lowest BCUT2D eigenvalue weighted by atomic mass is 10.1. The minimum atomic E-state index is -0.0539. The van der Waals surface area contributed by atoms with Crippen LogP contribution in [0.1, 0.15) is 18.5 Å². The highest BCUT2D eigenvalue weighted by Gasteiger charge is 2.02. The van der Waals surface area contributed by atoms with Crippen molar-refractivity contribution in [2.24, 2.45) is 0 Å². The van der Waals surface area contributed by atoms with Crippen molar-refractivity contribution in [2.45, 2.75) is 13.0 Å². The fourth-order valence-electron chi connectivity index (χ4n) is 1.42. The molecule has 1 atom stereocenters. The molecule has 15 heavy (non-hydrogen) atoms. The third-order valence-corrected chi connectivity index (χ3v) is 2.39. The van der Waals surface area contributed by atoms with Gasteiger partial charge in [0.2, 0.25) is 0 Å². The average molecular weight is 203 g/mol. The molecule has 0 amide bonds. The summed E-state index contributed by atoms with van der Waals surface area (Å²) in [6.45, 7) is 1.90. The number of nitrogens with one attached hydrogen (secondary N) is 1. The van der Waals surface area contributed by atoms with E-state index < -0.39 is 0 Å². The number of hydrogen-bond donors (Lipinski definition) is 2. The Morgan fingerprint density at radius 1 is 1.33 bits per heavy atom. The minimum absolute atomic E-state index is 0.0539. The van der Waals surface area contributed by atoms with Crippen LogP contribution in [0, 0.1) is 0 Å². The summed E-state index contributed by atoms with van der Waals surface area (Å²) in [5.41, 5.74) is 4.32. The summed E-state index contributed by atoms with van der Waals surface area (Å²) < 4.78 is 1.93. The third kappa shape index (κ3) is 2.06. The summed E-state index contributed by atoms with van der Waals surface area (Å²) in [5.74, 6) is 0. The molecule has 2 aromatic rings. The Bertz CT molecular complexity index is 408. The second-order valence-electron chi connectivity index (χ2n) is 3.41. The fourth-order valence-corrected chi connectivity index (χ4v) is 1.42. The zero-order valence-corrected chi connectivity index (χ0v) is 8.46. The van der Waals surface area contributed by atoms with Crippen molar-refractivity contribution in [1.82, 2.24) is 15.0 Å². The standard InChI is InChI=1S/C11H13N3O/c1-9(13-15)10-2-4-11(5-3-10)14-7-6-12-8-14/h2-9,13,15H,1H3. The maximum atomic E-state index is 8.78.